The molecule has 1 aromatic heterocycles. The van der Waals surface area contributed by atoms with Gasteiger partial charge in [0.25, 0.3) is 5.91 Å². The maximum absolute atomic E-state index is 12.7. The molecular formula is C21H23N3O. The van der Waals surface area contributed by atoms with Crippen LogP contribution in [0.4, 0.5) is 0 Å². The first-order valence-corrected chi connectivity index (χ1v) is 8.56. The van der Waals surface area contributed by atoms with Crippen molar-refractivity contribution < 1.29 is 4.79 Å². The topological polar surface area (TPSA) is 46.9 Å². The summed E-state index contributed by atoms with van der Waals surface area (Å²) in [6.07, 6.45) is 2.39. The van der Waals surface area contributed by atoms with Crippen molar-refractivity contribution in [2.75, 3.05) is 0 Å². The minimum absolute atomic E-state index is 0.0843. The fourth-order valence-corrected chi connectivity index (χ4v) is 3.01. The molecule has 4 heteroatoms. The summed E-state index contributed by atoms with van der Waals surface area (Å²) < 4.78 is 1.84. The Hall–Kier alpha value is -2.88. The molecule has 0 unspecified atom stereocenters. The van der Waals surface area contributed by atoms with Crippen LogP contribution < -0.4 is 5.32 Å². The van der Waals surface area contributed by atoms with Crippen LogP contribution in [-0.2, 0) is 13.0 Å². The van der Waals surface area contributed by atoms with E-state index in [2.05, 4.69) is 42.5 Å². The first kappa shape index (κ1) is 17.0. The third kappa shape index (κ3) is 3.63. The van der Waals surface area contributed by atoms with Crippen molar-refractivity contribution in [3.63, 3.8) is 0 Å². The van der Waals surface area contributed by atoms with Crippen molar-refractivity contribution >= 4 is 5.91 Å². The van der Waals surface area contributed by atoms with Gasteiger partial charge in [-0.15, -0.1) is 0 Å². The molecule has 25 heavy (non-hydrogen) atoms. The van der Waals surface area contributed by atoms with Crippen LogP contribution in [0.1, 0.15) is 39.7 Å². The number of rotatable bonds is 5. The van der Waals surface area contributed by atoms with Crippen molar-refractivity contribution in [1.82, 2.24) is 15.1 Å². The Bertz CT molecular complexity index is 881. The van der Waals surface area contributed by atoms with E-state index in [0.717, 1.165) is 23.4 Å². The van der Waals surface area contributed by atoms with Crippen LogP contribution in [0.5, 0.6) is 0 Å². The van der Waals surface area contributed by atoms with E-state index in [9.17, 15) is 4.79 Å². The van der Waals surface area contributed by atoms with Crippen LogP contribution in [0.25, 0.3) is 5.69 Å². The molecular weight excluding hydrogens is 310 g/mol. The Kier molecular flexibility index (Phi) is 4.98. The van der Waals surface area contributed by atoms with Gasteiger partial charge in [0.15, 0.2) is 0 Å². The van der Waals surface area contributed by atoms with Gasteiger partial charge < -0.3 is 5.32 Å². The maximum atomic E-state index is 12.7. The van der Waals surface area contributed by atoms with Crippen LogP contribution in [0.3, 0.4) is 0 Å². The van der Waals surface area contributed by atoms with Gasteiger partial charge in [-0.05, 0) is 43.5 Å². The van der Waals surface area contributed by atoms with Crippen LogP contribution in [0.2, 0.25) is 0 Å². The maximum Gasteiger partial charge on any atom is 0.255 e. The predicted octanol–water partition coefficient (Wildman–Crippen LogP) is 3.98. The zero-order chi connectivity index (χ0) is 17.8. The molecule has 0 aliphatic carbocycles. The molecule has 0 atom stereocenters. The third-order valence-electron chi connectivity index (χ3n) is 4.39. The molecule has 0 fully saturated rings. The molecule has 0 saturated heterocycles. The van der Waals surface area contributed by atoms with Crippen molar-refractivity contribution in [2.24, 2.45) is 0 Å². The molecule has 0 saturated carbocycles. The molecule has 0 bridgehead atoms. The van der Waals surface area contributed by atoms with E-state index in [1.54, 1.807) is 6.20 Å². The lowest BCUT2D eigenvalue weighted by molar-refractivity contribution is 0.0950. The fourth-order valence-electron chi connectivity index (χ4n) is 3.01. The third-order valence-corrected chi connectivity index (χ3v) is 4.39. The van der Waals surface area contributed by atoms with E-state index in [1.165, 1.54) is 11.1 Å². The van der Waals surface area contributed by atoms with E-state index in [0.29, 0.717) is 12.1 Å². The van der Waals surface area contributed by atoms with Gasteiger partial charge in [-0.25, -0.2) is 4.68 Å². The number of hydrogen-bond acceptors (Lipinski definition) is 2. The van der Waals surface area contributed by atoms with Gasteiger partial charge in [-0.2, -0.15) is 5.10 Å². The second-order valence-electron chi connectivity index (χ2n) is 6.22. The number of nitrogens with zero attached hydrogens (tertiary/aromatic N) is 2. The molecule has 0 radical (unpaired) electrons. The Morgan fingerprint density at radius 3 is 2.56 bits per heavy atom. The summed E-state index contributed by atoms with van der Waals surface area (Å²) >= 11 is 0. The van der Waals surface area contributed by atoms with Gasteiger partial charge in [0.2, 0.25) is 0 Å². The first-order valence-electron chi connectivity index (χ1n) is 8.56. The number of para-hydroxylation sites is 1. The molecule has 1 N–H and O–H groups in total. The van der Waals surface area contributed by atoms with Crippen molar-refractivity contribution in [1.29, 1.82) is 0 Å². The molecule has 1 amide bonds. The van der Waals surface area contributed by atoms with Gasteiger partial charge in [0.1, 0.15) is 0 Å². The highest BCUT2D eigenvalue weighted by Gasteiger charge is 2.17. The first-order chi connectivity index (χ1) is 12.1. The Morgan fingerprint density at radius 2 is 1.88 bits per heavy atom. The number of benzene rings is 2. The zero-order valence-electron chi connectivity index (χ0n) is 14.9. The number of aromatic nitrogens is 2. The fraction of sp³-hybridized carbons (Fsp3) is 0.238. The normalized spacial score (nSPS) is 10.7. The Balaban J connectivity index is 1.79. The Morgan fingerprint density at radius 1 is 1.12 bits per heavy atom. The Labute approximate surface area is 148 Å². The van der Waals surface area contributed by atoms with E-state index < -0.39 is 0 Å². The lowest BCUT2D eigenvalue weighted by Gasteiger charge is -2.10. The quantitative estimate of drug-likeness (QED) is 0.767. The van der Waals surface area contributed by atoms with Gasteiger partial charge in [-0.1, -0.05) is 48.9 Å². The van der Waals surface area contributed by atoms with Crippen LogP contribution in [0.15, 0.2) is 54.7 Å². The molecule has 2 aromatic carbocycles. The number of aryl methyl sites for hydroxylation is 2. The number of nitrogens with one attached hydrogen (secondary N) is 1. The summed E-state index contributed by atoms with van der Waals surface area (Å²) in [6.45, 7) is 6.70. The minimum atomic E-state index is -0.0843. The summed E-state index contributed by atoms with van der Waals surface area (Å²) in [5.74, 6) is -0.0843. The average Bonchev–Trinajstić information content (AvgIpc) is 3.05. The second-order valence-corrected chi connectivity index (χ2v) is 6.22. The van der Waals surface area contributed by atoms with E-state index in [1.807, 2.05) is 41.9 Å². The standard InChI is InChI=1S/C21H23N3O/c1-4-20-19(14-23-24(20)18-8-6-5-7-9-18)21(25)22-13-17-11-10-15(2)12-16(17)3/h5-12,14H,4,13H2,1-3H3,(H,22,25). The van der Waals surface area contributed by atoms with Crippen LogP contribution in [-0.4, -0.2) is 15.7 Å². The van der Waals surface area contributed by atoms with Crippen LogP contribution >= 0.6 is 0 Å². The second kappa shape index (κ2) is 7.34. The van der Waals surface area contributed by atoms with E-state index in [4.69, 9.17) is 0 Å². The number of carbonyl (C=O) groups is 1. The SMILES string of the molecule is CCc1c(C(=O)NCc2ccc(C)cc2C)cnn1-c1ccccc1. The smallest absolute Gasteiger partial charge is 0.255 e. The summed E-state index contributed by atoms with van der Waals surface area (Å²) in [6, 6.07) is 16.2. The lowest BCUT2D eigenvalue weighted by Crippen LogP contribution is -2.24. The average molecular weight is 333 g/mol. The highest BCUT2D eigenvalue weighted by Crippen LogP contribution is 2.16. The minimum Gasteiger partial charge on any atom is -0.348 e. The van der Waals surface area contributed by atoms with E-state index in [-0.39, 0.29) is 5.91 Å². The summed E-state index contributed by atoms with van der Waals surface area (Å²) in [5.41, 5.74) is 6.07. The van der Waals surface area contributed by atoms with Crippen LogP contribution in [0, 0.1) is 13.8 Å². The monoisotopic (exact) mass is 333 g/mol. The molecule has 4 nitrogen and oxygen atoms in total. The highest BCUT2D eigenvalue weighted by molar-refractivity contribution is 5.95. The molecule has 3 aromatic rings. The summed E-state index contributed by atoms with van der Waals surface area (Å²) in [7, 11) is 0. The lowest BCUT2D eigenvalue weighted by atomic mass is 10.1. The molecule has 3 rings (SSSR count). The summed E-state index contributed by atoms with van der Waals surface area (Å²) in [5, 5.41) is 7.44. The van der Waals surface area contributed by atoms with Crippen molar-refractivity contribution in [2.45, 2.75) is 33.7 Å². The van der Waals surface area contributed by atoms with Gasteiger partial charge in [0.05, 0.1) is 23.1 Å². The van der Waals surface area contributed by atoms with Crippen molar-refractivity contribution in [3.8, 4) is 5.69 Å². The number of hydrogen-bond donors (Lipinski definition) is 1. The predicted molar refractivity (Wildman–Crippen MR) is 100 cm³/mol. The molecule has 1 heterocycles. The van der Waals surface area contributed by atoms with E-state index >= 15 is 0 Å². The molecule has 128 valence electrons. The largest absolute Gasteiger partial charge is 0.348 e. The molecule has 0 aliphatic heterocycles. The van der Waals surface area contributed by atoms with Crippen molar-refractivity contribution in [3.05, 3.63) is 82.7 Å². The summed E-state index contributed by atoms with van der Waals surface area (Å²) in [4.78, 5) is 12.7. The van der Waals surface area contributed by atoms with Gasteiger partial charge in [0, 0.05) is 6.54 Å². The number of amides is 1. The number of carbonyl (C=O) groups excluding carboxylic acids is 1. The molecule has 0 spiro atoms. The van der Waals surface area contributed by atoms with Gasteiger partial charge >= 0.3 is 0 Å². The zero-order valence-corrected chi connectivity index (χ0v) is 14.9. The highest BCUT2D eigenvalue weighted by atomic mass is 16.1. The van der Waals surface area contributed by atoms with Gasteiger partial charge in [-0.3, -0.25) is 4.79 Å². The molecule has 0 aliphatic rings.